The number of nitrogens with zero attached hydrogens (tertiary/aromatic N) is 1. The first-order valence-corrected chi connectivity index (χ1v) is 6.20. The number of carboxylic acid groups (broad SMARTS) is 1. The molecule has 18 heavy (non-hydrogen) atoms. The number of aryl methyl sites for hydroxylation is 1. The summed E-state index contributed by atoms with van der Waals surface area (Å²) in [5.74, 6) is -0.345. The van der Waals surface area contributed by atoms with Gasteiger partial charge in [0.05, 0.1) is 0 Å². The Bertz CT molecular complexity index is 390. The lowest BCUT2D eigenvalue weighted by atomic mass is 10.0. The summed E-state index contributed by atoms with van der Waals surface area (Å²) in [6.07, 6.45) is 1.94. The lowest BCUT2D eigenvalue weighted by Crippen LogP contribution is -2.31. The molecule has 0 saturated heterocycles. The summed E-state index contributed by atoms with van der Waals surface area (Å²) < 4.78 is 0. The molecule has 0 atom stereocenters. The van der Waals surface area contributed by atoms with Crippen molar-refractivity contribution in [2.24, 2.45) is 5.92 Å². The van der Waals surface area contributed by atoms with Crippen LogP contribution in [0.2, 0.25) is 0 Å². The minimum Gasteiger partial charge on any atom is -0.480 e. The smallest absolute Gasteiger partial charge is 0.323 e. The fraction of sp³-hybridized carbons (Fsp3) is 0.500. The maximum atomic E-state index is 10.8. The van der Waals surface area contributed by atoms with E-state index in [2.05, 4.69) is 13.8 Å². The molecule has 0 bridgehead atoms. The van der Waals surface area contributed by atoms with Gasteiger partial charge in [-0.15, -0.1) is 0 Å². The van der Waals surface area contributed by atoms with E-state index in [1.165, 1.54) is 4.90 Å². The van der Waals surface area contributed by atoms with Crippen LogP contribution in [0.15, 0.2) is 24.3 Å². The normalized spacial score (nSPS) is 10.7. The molecular formula is C14H21NO3. The average Bonchev–Trinajstić information content (AvgIpc) is 2.33. The molecule has 4 nitrogen and oxygen atoms in total. The van der Waals surface area contributed by atoms with Crippen molar-refractivity contribution in [2.45, 2.75) is 26.7 Å². The quantitative estimate of drug-likeness (QED) is 0.729. The second-order valence-electron chi connectivity index (χ2n) is 4.79. The Morgan fingerprint density at radius 3 is 2.56 bits per heavy atom. The van der Waals surface area contributed by atoms with Crippen LogP contribution in [-0.2, 0) is 11.2 Å². The van der Waals surface area contributed by atoms with Gasteiger partial charge >= 0.3 is 5.97 Å². The molecule has 4 heteroatoms. The zero-order valence-corrected chi connectivity index (χ0v) is 11.0. The molecule has 1 rings (SSSR count). The van der Waals surface area contributed by atoms with Gasteiger partial charge in [-0.05, 0) is 30.4 Å². The Hall–Kier alpha value is -1.55. The van der Waals surface area contributed by atoms with E-state index in [0.717, 1.165) is 24.1 Å². The van der Waals surface area contributed by atoms with Crippen LogP contribution < -0.4 is 4.90 Å². The molecule has 1 aromatic carbocycles. The Kier molecular flexibility index (Phi) is 5.65. The van der Waals surface area contributed by atoms with Crippen LogP contribution in [0.4, 0.5) is 5.69 Å². The Morgan fingerprint density at radius 2 is 2.00 bits per heavy atom. The molecule has 1 aromatic rings. The first-order chi connectivity index (χ1) is 8.54. The van der Waals surface area contributed by atoms with Gasteiger partial charge in [-0.25, -0.2) is 0 Å². The van der Waals surface area contributed by atoms with Gasteiger partial charge in [-0.3, -0.25) is 4.79 Å². The molecule has 0 aliphatic heterocycles. The highest BCUT2D eigenvalue weighted by Crippen LogP contribution is 2.22. The van der Waals surface area contributed by atoms with Crippen LogP contribution in [0.1, 0.15) is 25.8 Å². The number of anilines is 1. The SMILES string of the molecule is CC(C)CCc1ccccc1N(CO)CC(=O)O. The Morgan fingerprint density at radius 1 is 1.33 bits per heavy atom. The summed E-state index contributed by atoms with van der Waals surface area (Å²) in [5.41, 5.74) is 1.89. The molecule has 0 radical (unpaired) electrons. The largest absolute Gasteiger partial charge is 0.480 e. The Labute approximate surface area is 108 Å². The van der Waals surface area contributed by atoms with Crippen LogP contribution in [0, 0.1) is 5.92 Å². The fourth-order valence-corrected chi connectivity index (χ4v) is 1.85. The van der Waals surface area contributed by atoms with Crippen LogP contribution >= 0.6 is 0 Å². The van der Waals surface area contributed by atoms with E-state index in [1.807, 2.05) is 24.3 Å². The van der Waals surface area contributed by atoms with Gasteiger partial charge < -0.3 is 15.1 Å². The standard InChI is InChI=1S/C14H21NO3/c1-11(2)7-8-12-5-3-4-6-13(12)15(10-16)9-14(17)18/h3-6,11,16H,7-10H2,1-2H3,(H,17,18). The van der Waals surface area contributed by atoms with E-state index in [9.17, 15) is 9.90 Å². The summed E-state index contributed by atoms with van der Waals surface area (Å²) in [5, 5.41) is 18.1. The van der Waals surface area contributed by atoms with Crippen molar-refractivity contribution in [3.8, 4) is 0 Å². The molecule has 0 saturated carbocycles. The number of hydrogen-bond donors (Lipinski definition) is 2. The van der Waals surface area contributed by atoms with Crippen molar-refractivity contribution in [2.75, 3.05) is 18.2 Å². The number of para-hydroxylation sites is 1. The second kappa shape index (κ2) is 7.01. The molecule has 0 spiro atoms. The maximum Gasteiger partial charge on any atom is 0.323 e. The highest BCUT2D eigenvalue weighted by Gasteiger charge is 2.13. The molecular weight excluding hydrogens is 230 g/mol. The summed E-state index contributed by atoms with van der Waals surface area (Å²) >= 11 is 0. The third kappa shape index (κ3) is 4.37. The van der Waals surface area contributed by atoms with Crippen molar-refractivity contribution in [3.05, 3.63) is 29.8 Å². The topological polar surface area (TPSA) is 60.8 Å². The van der Waals surface area contributed by atoms with Gasteiger partial charge in [-0.2, -0.15) is 0 Å². The number of aliphatic carboxylic acids is 1. The minimum atomic E-state index is -0.942. The molecule has 100 valence electrons. The van der Waals surface area contributed by atoms with Crippen molar-refractivity contribution >= 4 is 11.7 Å². The number of aliphatic hydroxyl groups is 1. The summed E-state index contributed by atoms with van der Waals surface area (Å²) in [6, 6.07) is 7.64. The lowest BCUT2D eigenvalue weighted by molar-refractivity contribution is -0.135. The van der Waals surface area contributed by atoms with Gasteiger partial charge in [0.2, 0.25) is 0 Å². The number of aliphatic hydroxyl groups excluding tert-OH is 1. The van der Waals surface area contributed by atoms with Gasteiger partial charge in [0.25, 0.3) is 0 Å². The highest BCUT2D eigenvalue weighted by atomic mass is 16.4. The fourth-order valence-electron chi connectivity index (χ4n) is 1.85. The van der Waals surface area contributed by atoms with E-state index >= 15 is 0 Å². The van der Waals surface area contributed by atoms with Crippen molar-refractivity contribution in [3.63, 3.8) is 0 Å². The van der Waals surface area contributed by atoms with Gasteiger partial charge in [-0.1, -0.05) is 32.0 Å². The van der Waals surface area contributed by atoms with Crippen LogP contribution in [0.3, 0.4) is 0 Å². The predicted molar refractivity (Wildman–Crippen MR) is 71.7 cm³/mol. The summed E-state index contributed by atoms with van der Waals surface area (Å²) in [7, 11) is 0. The number of carboxylic acids is 1. The molecule has 0 aliphatic carbocycles. The minimum absolute atomic E-state index is 0.185. The number of benzene rings is 1. The molecule has 0 aromatic heterocycles. The van der Waals surface area contributed by atoms with E-state index in [0.29, 0.717) is 5.92 Å². The van der Waals surface area contributed by atoms with E-state index in [-0.39, 0.29) is 13.3 Å². The molecule has 0 unspecified atom stereocenters. The van der Waals surface area contributed by atoms with Crippen molar-refractivity contribution < 1.29 is 15.0 Å². The van der Waals surface area contributed by atoms with E-state index in [1.54, 1.807) is 0 Å². The zero-order chi connectivity index (χ0) is 13.5. The van der Waals surface area contributed by atoms with Gasteiger partial charge in [0.1, 0.15) is 13.3 Å². The third-order valence-electron chi connectivity index (χ3n) is 2.82. The number of carbonyl (C=O) groups is 1. The van der Waals surface area contributed by atoms with E-state index < -0.39 is 5.97 Å². The summed E-state index contributed by atoms with van der Waals surface area (Å²) in [4.78, 5) is 12.2. The first-order valence-electron chi connectivity index (χ1n) is 6.20. The first kappa shape index (κ1) is 14.5. The highest BCUT2D eigenvalue weighted by molar-refractivity contribution is 5.74. The van der Waals surface area contributed by atoms with Gasteiger partial charge in [0.15, 0.2) is 0 Å². The maximum absolute atomic E-state index is 10.8. The zero-order valence-electron chi connectivity index (χ0n) is 11.0. The lowest BCUT2D eigenvalue weighted by Gasteiger charge is -2.23. The van der Waals surface area contributed by atoms with E-state index in [4.69, 9.17) is 5.11 Å². The monoisotopic (exact) mass is 251 g/mol. The summed E-state index contributed by atoms with van der Waals surface area (Å²) in [6.45, 7) is 3.84. The van der Waals surface area contributed by atoms with Crippen molar-refractivity contribution in [1.82, 2.24) is 0 Å². The number of rotatable bonds is 7. The Balaban J connectivity index is 2.88. The molecule has 0 fully saturated rings. The predicted octanol–water partition coefficient (Wildman–Crippen LogP) is 2.12. The molecule has 0 heterocycles. The van der Waals surface area contributed by atoms with Crippen LogP contribution in [0.5, 0.6) is 0 Å². The van der Waals surface area contributed by atoms with Crippen molar-refractivity contribution in [1.29, 1.82) is 0 Å². The number of hydrogen-bond acceptors (Lipinski definition) is 3. The molecule has 0 amide bonds. The van der Waals surface area contributed by atoms with Crippen LogP contribution in [-0.4, -0.2) is 29.5 Å². The second-order valence-corrected chi connectivity index (χ2v) is 4.79. The molecule has 0 aliphatic rings. The van der Waals surface area contributed by atoms with Gasteiger partial charge in [0, 0.05) is 5.69 Å². The van der Waals surface area contributed by atoms with Crippen LogP contribution in [0.25, 0.3) is 0 Å². The third-order valence-corrected chi connectivity index (χ3v) is 2.82. The average molecular weight is 251 g/mol. The molecule has 2 N–H and O–H groups in total.